The van der Waals surface area contributed by atoms with E-state index in [1.807, 2.05) is 60.7 Å². The molecule has 12 rings (SSSR count). The van der Waals surface area contributed by atoms with Gasteiger partial charge < -0.3 is 13.4 Å². The number of para-hydroxylation sites is 2. The van der Waals surface area contributed by atoms with Crippen LogP contribution in [0, 0.1) is 0 Å². The van der Waals surface area contributed by atoms with Gasteiger partial charge in [0.1, 0.15) is 16.7 Å². The van der Waals surface area contributed by atoms with Gasteiger partial charge in [-0.1, -0.05) is 140 Å². The summed E-state index contributed by atoms with van der Waals surface area (Å²) in [6.45, 7) is 0. The van der Waals surface area contributed by atoms with Crippen LogP contribution in [0.2, 0.25) is 0 Å². The molecule has 57 heavy (non-hydrogen) atoms. The van der Waals surface area contributed by atoms with Crippen molar-refractivity contribution in [3.8, 4) is 51.0 Å². The quantitative estimate of drug-likeness (QED) is 0.176. The minimum atomic E-state index is 0.582. The van der Waals surface area contributed by atoms with Gasteiger partial charge in [0.2, 0.25) is 0 Å². The lowest BCUT2D eigenvalue weighted by molar-refractivity contribution is 0.668. The molecule has 0 saturated carbocycles. The van der Waals surface area contributed by atoms with Crippen molar-refractivity contribution in [1.29, 1.82) is 0 Å². The molecule has 0 radical (unpaired) electrons. The van der Waals surface area contributed by atoms with Crippen molar-refractivity contribution in [2.24, 2.45) is 0 Å². The molecule has 0 bridgehead atoms. The smallest absolute Gasteiger partial charge is 0.164 e. The van der Waals surface area contributed by atoms with Crippen LogP contribution >= 0.6 is 0 Å². The van der Waals surface area contributed by atoms with Gasteiger partial charge in [0.15, 0.2) is 23.1 Å². The minimum Gasteiger partial charge on any atom is -0.456 e. The van der Waals surface area contributed by atoms with E-state index in [0.717, 1.165) is 99.2 Å². The molecule has 0 N–H and O–H groups in total. The zero-order valence-corrected chi connectivity index (χ0v) is 30.4. The zero-order valence-electron chi connectivity index (χ0n) is 30.4. The van der Waals surface area contributed by atoms with Crippen molar-refractivity contribution in [3.05, 3.63) is 182 Å². The highest BCUT2D eigenvalue weighted by Gasteiger charge is 2.22. The Labute approximate surface area is 325 Å². The SMILES string of the molecule is c1ccc(-c2ccc(-c3nc(-c4ccccc4)nc(-c4cccc5oc6cc(-n7c8ccccc8c8ccc9c%10ccccc%10oc9c87)ccc6c45)n3)cc2)cc1. The van der Waals surface area contributed by atoms with Gasteiger partial charge in [0.25, 0.3) is 0 Å². The Kier molecular flexibility index (Phi) is 6.83. The molecule has 6 nitrogen and oxygen atoms in total. The van der Waals surface area contributed by atoms with Crippen LogP contribution in [0.4, 0.5) is 0 Å². The third-order valence-electron chi connectivity index (χ3n) is 11.1. The molecule has 0 amide bonds. The van der Waals surface area contributed by atoms with E-state index >= 15 is 0 Å². The first kappa shape index (κ1) is 31.5. The molecule has 0 aliphatic carbocycles. The maximum absolute atomic E-state index is 6.69. The fourth-order valence-electron chi connectivity index (χ4n) is 8.42. The Hall–Kier alpha value is -7.83. The van der Waals surface area contributed by atoms with Gasteiger partial charge in [-0.05, 0) is 47.5 Å². The first-order valence-electron chi connectivity index (χ1n) is 19.0. The molecule has 0 aliphatic rings. The molecule has 6 heteroatoms. The molecule has 0 aliphatic heterocycles. The maximum Gasteiger partial charge on any atom is 0.164 e. The van der Waals surface area contributed by atoms with Crippen LogP contribution < -0.4 is 0 Å². The van der Waals surface area contributed by atoms with Gasteiger partial charge in [-0.15, -0.1) is 0 Å². The summed E-state index contributed by atoms with van der Waals surface area (Å²) in [5, 5.41) is 6.43. The molecular formula is C51H30N4O2. The average molecular weight is 731 g/mol. The van der Waals surface area contributed by atoms with Crippen molar-refractivity contribution in [2.45, 2.75) is 0 Å². The number of aromatic nitrogens is 4. The van der Waals surface area contributed by atoms with Crippen LogP contribution in [0.25, 0.3) is 117 Å². The van der Waals surface area contributed by atoms with Crippen LogP contribution in [-0.2, 0) is 0 Å². The predicted molar refractivity (Wildman–Crippen MR) is 230 cm³/mol. The lowest BCUT2D eigenvalue weighted by Crippen LogP contribution is -2.00. The minimum absolute atomic E-state index is 0.582. The van der Waals surface area contributed by atoms with Gasteiger partial charge >= 0.3 is 0 Å². The van der Waals surface area contributed by atoms with Crippen molar-refractivity contribution >= 4 is 65.7 Å². The number of hydrogen-bond donors (Lipinski definition) is 0. The zero-order chi connectivity index (χ0) is 37.5. The monoisotopic (exact) mass is 730 g/mol. The van der Waals surface area contributed by atoms with Crippen molar-refractivity contribution < 1.29 is 8.83 Å². The van der Waals surface area contributed by atoms with E-state index in [0.29, 0.717) is 17.5 Å². The van der Waals surface area contributed by atoms with E-state index in [-0.39, 0.29) is 0 Å². The third-order valence-corrected chi connectivity index (χ3v) is 11.1. The lowest BCUT2D eigenvalue weighted by Gasteiger charge is -2.10. The second-order valence-corrected chi connectivity index (χ2v) is 14.4. The summed E-state index contributed by atoms with van der Waals surface area (Å²) >= 11 is 0. The van der Waals surface area contributed by atoms with Crippen LogP contribution in [0.3, 0.4) is 0 Å². The Morgan fingerprint density at radius 3 is 1.77 bits per heavy atom. The summed E-state index contributed by atoms with van der Waals surface area (Å²) < 4.78 is 15.6. The Morgan fingerprint density at radius 1 is 0.368 bits per heavy atom. The summed E-state index contributed by atoms with van der Waals surface area (Å²) in [6.07, 6.45) is 0. The van der Waals surface area contributed by atoms with Gasteiger partial charge in [-0.25, -0.2) is 15.0 Å². The van der Waals surface area contributed by atoms with Gasteiger partial charge in [0.05, 0.1) is 16.7 Å². The molecule has 0 unspecified atom stereocenters. The molecule has 4 aromatic heterocycles. The lowest BCUT2D eigenvalue weighted by atomic mass is 10.0. The second-order valence-electron chi connectivity index (χ2n) is 14.4. The number of rotatable bonds is 5. The number of nitrogens with zero attached hydrogens (tertiary/aromatic N) is 4. The summed E-state index contributed by atoms with van der Waals surface area (Å²) in [6, 6.07) is 62.6. The summed E-state index contributed by atoms with van der Waals surface area (Å²) in [5.41, 5.74) is 11.4. The molecule has 0 atom stereocenters. The summed E-state index contributed by atoms with van der Waals surface area (Å²) in [5.74, 6) is 1.80. The van der Waals surface area contributed by atoms with E-state index in [9.17, 15) is 0 Å². The predicted octanol–water partition coefficient (Wildman–Crippen LogP) is 13.4. The number of hydrogen-bond acceptors (Lipinski definition) is 5. The third kappa shape index (κ3) is 4.94. The van der Waals surface area contributed by atoms with E-state index < -0.39 is 0 Å². The molecule has 12 aromatic rings. The topological polar surface area (TPSA) is 69.9 Å². The standard InChI is InChI=1S/C51H30N4O2/c1-3-12-31(13-4-1)32-22-24-34(25-23-32)50-52-49(33-14-5-2-6-15-33)53-51(54-50)41-18-11-21-44-46(41)40-27-26-35(30-45(40)56-44)55-42-19-9-7-16-36(42)38-28-29-39-37-17-8-10-20-43(37)57-48(39)47(38)55/h1-30H. The first-order chi connectivity index (χ1) is 28.2. The van der Waals surface area contributed by atoms with Crippen molar-refractivity contribution in [1.82, 2.24) is 19.5 Å². The van der Waals surface area contributed by atoms with Crippen LogP contribution in [0.5, 0.6) is 0 Å². The van der Waals surface area contributed by atoms with Gasteiger partial charge in [-0.2, -0.15) is 0 Å². The molecular weight excluding hydrogens is 701 g/mol. The Balaban J connectivity index is 1.04. The van der Waals surface area contributed by atoms with Crippen LogP contribution in [0.15, 0.2) is 191 Å². The van der Waals surface area contributed by atoms with Crippen molar-refractivity contribution in [3.63, 3.8) is 0 Å². The second kappa shape index (κ2) is 12.3. The van der Waals surface area contributed by atoms with E-state index in [1.54, 1.807) is 0 Å². The largest absolute Gasteiger partial charge is 0.456 e. The van der Waals surface area contributed by atoms with Gasteiger partial charge in [-0.3, -0.25) is 0 Å². The number of furan rings is 2. The summed E-state index contributed by atoms with van der Waals surface area (Å²) in [4.78, 5) is 15.2. The molecule has 8 aromatic carbocycles. The van der Waals surface area contributed by atoms with E-state index in [2.05, 4.69) is 126 Å². The highest BCUT2D eigenvalue weighted by molar-refractivity contribution is 6.21. The maximum atomic E-state index is 6.69. The number of fused-ring (bicyclic) bond motifs is 10. The molecule has 4 heterocycles. The summed E-state index contributed by atoms with van der Waals surface area (Å²) in [7, 11) is 0. The fraction of sp³-hybridized carbons (Fsp3) is 0. The Bertz CT molecular complexity index is 3510. The average Bonchev–Trinajstić information content (AvgIpc) is 3.96. The van der Waals surface area contributed by atoms with Gasteiger partial charge in [0, 0.05) is 55.1 Å². The van der Waals surface area contributed by atoms with Crippen molar-refractivity contribution in [2.75, 3.05) is 0 Å². The highest BCUT2D eigenvalue weighted by atomic mass is 16.3. The normalized spacial score (nSPS) is 11.9. The van der Waals surface area contributed by atoms with E-state index in [1.165, 1.54) is 0 Å². The van der Waals surface area contributed by atoms with E-state index in [4.69, 9.17) is 23.8 Å². The van der Waals surface area contributed by atoms with Crippen LogP contribution in [-0.4, -0.2) is 19.5 Å². The Morgan fingerprint density at radius 2 is 0.965 bits per heavy atom. The number of benzene rings is 8. The molecule has 0 saturated heterocycles. The van der Waals surface area contributed by atoms with Crippen LogP contribution in [0.1, 0.15) is 0 Å². The first-order valence-corrected chi connectivity index (χ1v) is 19.0. The highest BCUT2D eigenvalue weighted by Crippen LogP contribution is 2.42. The molecule has 0 spiro atoms. The molecule has 266 valence electrons. The fourth-order valence-corrected chi connectivity index (χ4v) is 8.42. The molecule has 0 fully saturated rings.